The summed E-state index contributed by atoms with van der Waals surface area (Å²) in [5, 5.41) is 5.67. The largest absolute Gasteiger partial charge is 0.350 e. The van der Waals surface area contributed by atoms with Crippen LogP contribution in [-0.2, 0) is 10.0 Å². The molecule has 33 heavy (non-hydrogen) atoms. The van der Waals surface area contributed by atoms with Gasteiger partial charge in [0, 0.05) is 24.7 Å². The number of sulfonamides is 1. The highest BCUT2D eigenvalue weighted by atomic mass is 32.2. The smallest absolute Gasteiger partial charge is 0.255 e. The minimum absolute atomic E-state index is 0.0154. The maximum atomic E-state index is 13.1. The summed E-state index contributed by atoms with van der Waals surface area (Å²) in [7, 11) is -3.61. The first kappa shape index (κ1) is 24.9. The number of rotatable bonds is 7. The topological polar surface area (TPSA) is 95.6 Å². The predicted octanol–water partition coefficient (Wildman–Crippen LogP) is 4.13. The first-order valence-electron chi connectivity index (χ1n) is 11.4. The standard InChI is InChI=1S/C25H33N3O4S/c1-5-19(4)26-25(30)22-8-6-7-9-23(22)27-24(29)20-10-12-21(13-11-20)33(31,32)28-15-17(2)14-18(3)16-28/h6-13,17-19H,5,14-16H2,1-4H3,(H,26,30)(H,27,29)/t17-,18+,19-/m0/s1. The maximum Gasteiger partial charge on any atom is 0.255 e. The van der Waals surface area contributed by atoms with Gasteiger partial charge in [-0.2, -0.15) is 4.31 Å². The highest BCUT2D eigenvalue weighted by Gasteiger charge is 2.31. The van der Waals surface area contributed by atoms with Crippen molar-refractivity contribution in [3.05, 3.63) is 59.7 Å². The number of carbonyl (C=O) groups is 2. The van der Waals surface area contributed by atoms with Crippen LogP contribution >= 0.6 is 0 Å². The molecule has 1 aliphatic rings. The van der Waals surface area contributed by atoms with Gasteiger partial charge in [0.15, 0.2) is 0 Å². The van der Waals surface area contributed by atoms with Gasteiger partial charge in [0.25, 0.3) is 11.8 Å². The second kappa shape index (κ2) is 10.5. The molecule has 0 unspecified atom stereocenters. The van der Waals surface area contributed by atoms with Crippen molar-refractivity contribution in [2.24, 2.45) is 11.8 Å². The van der Waals surface area contributed by atoms with Crippen LogP contribution in [-0.4, -0.2) is 43.7 Å². The summed E-state index contributed by atoms with van der Waals surface area (Å²) < 4.78 is 27.7. The molecule has 0 bridgehead atoms. The fourth-order valence-electron chi connectivity index (χ4n) is 4.12. The summed E-state index contributed by atoms with van der Waals surface area (Å²) >= 11 is 0. The number of hydrogen-bond acceptors (Lipinski definition) is 4. The number of piperidine rings is 1. The highest BCUT2D eigenvalue weighted by molar-refractivity contribution is 7.89. The molecular weight excluding hydrogens is 438 g/mol. The van der Waals surface area contributed by atoms with Crippen LogP contribution in [0.2, 0.25) is 0 Å². The third-order valence-corrected chi connectivity index (χ3v) is 7.85. The van der Waals surface area contributed by atoms with Gasteiger partial charge in [0.1, 0.15) is 0 Å². The lowest BCUT2D eigenvalue weighted by atomic mass is 9.94. The van der Waals surface area contributed by atoms with E-state index in [4.69, 9.17) is 0 Å². The molecule has 178 valence electrons. The zero-order valence-electron chi connectivity index (χ0n) is 19.7. The van der Waals surface area contributed by atoms with Crippen molar-refractivity contribution in [1.29, 1.82) is 0 Å². The van der Waals surface area contributed by atoms with Crippen molar-refractivity contribution in [2.75, 3.05) is 18.4 Å². The van der Waals surface area contributed by atoms with Gasteiger partial charge in [-0.25, -0.2) is 8.42 Å². The van der Waals surface area contributed by atoms with Gasteiger partial charge < -0.3 is 10.6 Å². The third kappa shape index (κ3) is 6.00. The first-order chi connectivity index (χ1) is 15.6. The van der Waals surface area contributed by atoms with Crippen molar-refractivity contribution >= 4 is 27.5 Å². The van der Waals surface area contributed by atoms with Crippen LogP contribution in [0, 0.1) is 11.8 Å². The van der Waals surface area contributed by atoms with E-state index in [2.05, 4.69) is 24.5 Å². The Labute approximate surface area is 196 Å². The van der Waals surface area contributed by atoms with Gasteiger partial charge in [-0.3, -0.25) is 9.59 Å². The number of anilines is 1. The SMILES string of the molecule is CC[C@H](C)NC(=O)c1ccccc1NC(=O)c1ccc(S(=O)(=O)N2C[C@H](C)C[C@H](C)C2)cc1. The van der Waals surface area contributed by atoms with Crippen LogP contribution in [0.25, 0.3) is 0 Å². The number of nitrogens with zero attached hydrogens (tertiary/aromatic N) is 1. The number of nitrogens with one attached hydrogen (secondary N) is 2. The summed E-state index contributed by atoms with van der Waals surface area (Å²) in [5.74, 6) is -0.0491. The number of carbonyl (C=O) groups excluding carboxylic acids is 2. The molecule has 3 atom stereocenters. The lowest BCUT2D eigenvalue weighted by molar-refractivity contribution is 0.0940. The Bertz CT molecular complexity index is 1090. The van der Waals surface area contributed by atoms with Crippen LogP contribution in [0.5, 0.6) is 0 Å². The van der Waals surface area contributed by atoms with Gasteiger partial charge in [0.2, 0.25) is 10.0 Å². The summed E-state index contributed by atoms with van der Waals surface area (Å²) in [5.41, 5.74) is 1.08. The summed E-state index contributed by atoms with van der Waals surface area (Å²) in [6.45, 7) is 9.03. The molecular formula is C25H33N3O4S. The van der Waals surface area contributed by atoms with Crippen molar-refractivity contribution in [3.63, 3.8) is 0 Å². The van der Waals surface area contributed by atoms with Crippen molar-refractivity contribution in [1.82, 2.24) is 9.62 Å². The molecule has 1 saturated heterocycles. The quantitative estimate of drug-likeness (QED) is 0.635. The van der Waals surface area contributed by atoms with Crippen molar-refractivity contribution in [3.8, 4) is 0 Å². The molecule has 1 heterocycles. The lowest BCUT2D eigenvalue weighted by Gasteiger charge is -2.34. The number of para-hydroxylation sites is 1. The third-order valence-electron chi connectivity index (χ3n) is 6.00. The summed E-state index contributed by atoms with van der Waals surface area (Å²) in [6.07, 6.45) is 1.81. The van der Waals surface area contributed by atoms with E-state index in [0.717, 1.165) is 12.8 Å². The maximum absolute atomic E-state index is 13.1. The molecule has 0 aromatic heterocycles. The Kier molecular flexibility index (Phi) is 7.92. The zero-order chi connectivity index (χ0) is 24.2. The monoisotopic (exact) mass is 471 g/mol. The van der Waals surface area contributed by atoms with Crippen LogP contribution in [0.3, 0.4) is 0 Å². The first-order valence-corrected chi connectivity index (χ1v) is 12.9. The molecule has 0 saturated carbocycles. The van der Waals surface area contributed by atoms with E-state index in [-0.39, 0.29) is 16.8 Å². The Morgan fingerprint density at radius 3 is 2.21 bits per heavy atom. The normalized spacial score (nSPS) is 20.1. The van der Waals surface area contributed by atoms with E-state index in [1.165, 1.54) is 28.6 Å². The van der Waals surface area contributed by atoms with Gasteiger partial charge >= 0.3 is 0 Å². The van der Waals surface area contributed by atoms with E-state index in [1.807, 2.05) is 13.8 Å². The molecule has 1 aliphatic heterocycles. The van der Waals surface area contributed by atoms with Gasteiger partial charge in [-0.15, -0.1) is 0 Å². The second-order valence-electron chi connectivity index (χ2n) is 9.07. The Hall–Kier alpha value is -2.71. The lowest BCUT2D eigenvalue weighted by Crippen LogP contribution is -2.42. The van der Waals surface area contributed by atoms with Crippen LogP contribution in [0.15, 0.2) is 53.4 Å². The molecule has 3 rings (SSSR count). The molecule has 2 N–H and O–H groups in total. The molecule has 1 fully saturated rings. The number of hydrogen-bond donors (Lipinski definition) is 2. The second-order valence-corrected chi connectivity index (χ2v) is 11.0. The van der Waals surface area contributed by atoms with Gasteiger partial charge in [-0.1, -0.05) is 32.9 Å². The van der Waals surface area contributed by atoms with Crippen LogP contribution in [0.4, 0.5) is 5.69 Å². The average molecular weight is 472 g/mol. The number of amides is 2. The molecule has 2 aromatic carbocycles. The van der Waals surface area contributed by atoms with Gasteiger partial charge in [-0.05, 0) is 68.0 Å². The van der Waals surface area contributed by atoms with E-state index < -0.39 is 15.9 Å². The Morgan fingerprint density at radius 2 is 1.61 bits per heavy atom. The summed E-state index contributed by atoms with van der Waals surface area (Å²) in [6, 6.07) is 12.8. The Morgan fingerprint density at radius 1 is 1.00 bits per heavy atom. The van der Waals surface area contributed by atoms with E-state index in [0.29, 0.717) is 41.7 Å². The minimum Gasteiger partial charge on any atom is -0.350 e. The molecule has 0 aliphatic carbocycles. The molecule has 0 radical (unpaired) electrons. The average Bonchev–Trinajstić information content (AvgIpc) is 2.78. The minimum atomic E-state index is -3.61. The molecule has 2 aromatic rings. The van der Waals surface area contributed by atoms with E-state index in [9.17, 15) is 18.0 Å². The fraction of sp³-hybridized carbons (Fsp3) is 0.440. The van der Waals surface area contributed by atoms with Crippen LogP contribution in [0.1, 0.15) is 61.3 Å². The molecule has 0 spiro atoms. The molecule has 7 nitrogen and oxygen atoms in total. The predicted molar refractivity (Wildman–Crippen MR) is 130 cm³/mol. The molecule has 2 amide bonds. The Balaban J connectivity index is 1.75. The van der Waals surface area contributed by atoms with E-state index >= 15 is 0 Å². The fourth-order valence-corrected chi connectivity index (χ4v) is 5.80. The van der Waals surface area contributed by atoms with E-state index in [1.54, 1.807) is 24.3 Å². The van der Waals surface area contributed by atoms with Crippen molar-refractivity contribution in [2.45, 2.75) is 51.5 Å². The number of benzene rings is 2. The van der Waals surface area contributed by atoms with Crippen LogP contribution < -0.4 is 10.6 Å². The highest BCUT2D eigenvalue weighted by Crippen LogP contribution is 2.27. The zero-order valence-corrected chi connectivity index (χ0v) is 20.5. The molecule has 8 heteroatoms. The van der Waals surface area contributed by atoms with Crippen molar-refractivity contribution < 1.29 is 18.0 Å². The summed E-state index contributed by atoms with van der Waals surface area (Å²) in [4.78, 5) is 25.6. The van der Waals surface area contributed by atoms with Gasteiger partial charge in [0.05, 0.1) is 16.1 Å².